The number of pyridine rings is 1. The molecule has 1 aliphatic rings. The summed E-state index contributed by atoms with van der Waals surface area (Å²) in [6.07, 6.45) is 1.99. The van der Waals surface area contributed by atoms with Gasteiger partial charge in [0.1, 0.15) is 11.4 Å². The lowest BCUT2D eigenvalue weighted by Gasteiger charge is -2.18. The Kier molecular flexibility index (Phi) is 4.46. The molecule has 1 atom stereocenters. The summed E-state index contributed by atoms with van der Waals surface area (Å²) in [5.41, 5.74) is 0.282. The van der Waals surface area contributed by atoms with Crippen LogP contribution in [0, 0.1) is 5.92 Å². The first-order valence-corrected chi connectivity index (χ1v) is 7.14. The molecule has 2 rings (SSSR count). The van der Waals surface area contributed by atoms with Crippen LogP contribution in [0.3, 0.4) is 0 Å². The number of thiol groups is 1. The molecule has 102 valence electrons. The molecular formula is C12H13BrN2O3S. The maximum atomic E-state index is 12.0. The Morgan fingerprint density at radius 2 is 2.42 bits per heavy atom. The van der Waals surface area contributed by atoms with Gasteiger partial charge in [0.15, 0.2) is 0 Å². The van der Waals surface area contributed by atoms with Gasteiger partial charge in [0, 0.05) is 23.6 Å². The van der Waals surface area contributed by atoms with E-state index in [1.54, 1.807) is 12.3 Å². The van der Waals surface area contributed by atoms with Gasteiger partial charge in [0.25, 0.3) is 0 Å². The predicted octanol–water partition coefficient (Wildman–Crippen LogP) is 1.91. The van der Waals surface area contributed by atoms with E-state index in [1.807, 2.05) is 0 Å². The molecule has 2 heterocycles. The molecule has 0 N–H and O–H groups in total. The number of ether oxygens (including phenoxy) is 1. The first-order chi connectivity index (χ1) is 9.06. The highest BCUT2D eigenvalue weighted by Gasteiger charge is 2.33. The third-order valence-electron chi connectivity index (χ3n) is 2.96. The standard InChI is InChI=1S/C12H13BrN2O3S/c1-18-12(17)9-3-8(13)4-14-11(9)15-5-7(6-19)2-10(15)16/h3-4,7,19H,2,5-6H2,1H3. The number of halogens is 1. The molecule has 1 aromatic rings. The minimum absolute atomic E-state index is 0.0426. The Hall–Kier alpha value is -1.08. The summed E-state index contributed by atoms with van der Waals surface area (Å²) in [5, 5.41) is 0. The Labute approximate surface area is 124 Å². The molecule has 1 unspecified atom stereocenters. The van der Waals surface area contributed by atoms with Crippen molar-refractivity contribution in [1.29, 1.82) is 0 Å². The topological polar surface area (TPSA) is 59.5 Å². The normalized spacial score (nSPS) is 18.8. The summed E-state index contributed by atoms with van der Waals surface area (Å²) in [7, 11) is 1.30. The van der Waals surface area contributed by atoms with E-state index in [-0.39, 0.29) is 17.4 Å². The summed E-state index contributed by atoms with van der Waals surface area (Å²) < 4.78 is 5.39. The number of carbonyl (C=O) groups excluding carboxylic acids is 2. The Balaban J connectivity index is 2.39. The van der Waals surface area contributed by atoms with E-state index in [2.05, 4.69) is 33.5 Å². The van der Waals surface area contributed by atoms with Crippen LogP contribution >= 0.6 is 28.6 Å². The molecule has 1 amide bonds. The third-order valence-corrected chi connectivity index (χ3v) is 3.91. The molecule has 0 bridgehead atoms. The van der Waals surface area contributed by atoms with E-state index in [9.17, 15) is 9.59 Å². The molecule has 19 heavy (non-hydrogen) atoms. The van der Waals surface area contributed by atoms with Crippen molar-refractivity contribution in [2.24, 2.45) is 5.92 Å². The van der Waals surface area contributed by atoms with E-state index in [0.717, 1.165) is 0 Å². The lowest BCUT2D eigenvalue weighted by Crippen LogP contribution is -2.28. The van der Waals surface area contributed by atoms with Crippen LogP contribution in [0.5, 0.6) is 0 Å². The van der Waals surface area contributed by atoms with Crippen molar-refractivity contribution in [3.63, 3.8) is 0 Å². The van der Waals surface area contributed by atoms with Crippen LogP contribution in [0.2, 0.25) is 0 Å². The summed E-state index contributed by atoms with van der Waals surface area (Å²) in [6, 6.07) is 1.61. The van der Waals surface area contributed by atoms with Gasteiger partial charge in [-0.2, -0.15) is 12.6 Å². The molecular weight excluding hydrogens is 332 g/mol. The maximum absolute atomic E-state index is 12.0. The van der Waals surface area contributed by atoms with Crippen molar-refractivity contribution in [3.05, 3.63) is 22.3 Å². The molecule has 0 aliphatic carbocycles. The molecule has 0 radical (unpaired) electrons. The monoisotopic (exact) mass is 344 g/mol. The fraction of sp³-hybridized carbons (Fsp3) is 0.417. The fourth-order valence-electron chi connectivity index (χ4n) is 2.02. The molecule has 7 heteroatoms. The van der Waals surface area contributed by atoms with E-state index in [1.165, 1.54) is 12.0 Å². The predicted molar refractivity (Wildman–Crippen MR) is 77.6 cm³/mol. The number of carbonyl (C=O) groups is 2. The average Bonchev–Trinajstić information content (AvgIpc) is 2.79. The van der Waals surface area contributed by atoms with Gasteiger partial charge in [-0.15, -0.1) is 0 Å². The van der Waals surface area contributed by atoms with E-state index in [0.29, 0.717) is 29.0 Å². The highest BCUT2D eigenvalue weighted by molar-refractivity contribution is 9.10. The van der Waals surface area contributed by atoms with Crippen molar-refractivity contribution in [2.75, 3.05) is 24.3 Å². The second-order valence-corrected chi connectivity index (χ2v) is 5.55. The average molecular weight is 345 g/mol. The number of amides is 1. The minimum Gasteiger partial charge on any atom is -0.465 e. The van der Waals surface area contributed by atoms with Crippen molar-refractivity contribution in [3.8, 4) is 0 Å². The van der Waals surface area contributed by atoms with Crippen LogP contribution < -0.4 is 4.90 Å². The second kappa shape index (κ2) is 5.92. The number of methoxy groups -OCH3 is 1. The fourth-order valence-corrected chi connectivity index (χ4v) is 2.59. The molecule has 1 aliphatic heterocycles. The Morgan fingerprint density at radius 3 is 3.00 bits per heavy atom. The van der Waals surface area contributed by atoms with Gasteiger partial charge in [-0.25, -0.2) is 9.78 Å². The van der Waals surface area contributed by atoms with Gasteiger partial charge in [-0.3, -0.25) is 9.69 Å². The minimum atomic E-state index is -0.508. The SMILES string of the molecule is COC(=O)c1cc(Br)cnc1N1CC(CS)CC1=O. The number of aromatic nitrogens is 1. The second-order valence-electron chi connectivity index (χ2n) is 4.27. The largest absolute Gasteiger partial charge is 0.465 e. The highest BCUT2D eigenvalue weighted by Crippen LogP contribution is 2.28. The summed E-state index contributed by atoms with van der Waals surface area (Å²) in [4.78, 5) is 29.5. The Bertz CT molecular complexity index is 524. The van der Waals surface area contributed by atoms with Gasteiger partial charge in [0.05, 0.1) is 7.11 Å². The van der Waals surface area contributed by atoms with Crippen LogP contribution in [0.25, 0.3) is 0 Å². The van der Waals surface area contributed by atoms with Gasteiger partial charge in [-0.05, 0) is 33.7 Å². The van der Waals surface area contributed by atoms with E-state index in [4.69, 9.17) is 4.74 Å². The summed E-state index contributed by atoms with van der Waals surface area (Å²) in [5.74, 6) is 0.618. The molecule has 5 nitrogen and oxygen atoms in total. The van der Waals surface area contributed by atoms with Crippen molar-refractivity contribution in [1.82, 2.24) is 4.98 Å². The first kappa shape index (κ1) is 14.3. The Morgan fingerprint density at radius 1 is 1.68 bits per heavy atom. The van der Waals surface area contributed by atoms with Gasteiger partial charge < -0.3 is 4.74 Å². The summed E-state index contributed by atoms with van der Waals surface area (Å²) >= 11 is 7.47. The van der Waals surface area contributed by atoms with Crippen LogP contribution in [-0.2, 0) is 9.53 Å². The number of esters is 1. The van der Waals surface area contributed by atoms with Crippen LogP contribution in [0.15, 0.2) is 16.7 Å². The molecule has 0 aromatic carbocycles. The number of anilines is 1. The lowest BCUT2D eigenvalue weighted by molar-refractivity contribution is -0.117. The number of rotatable bonds is 3. The van der Waals surface area contributed by atoms with Crippen molar-refractivity contribution >= 4 is 46.3 Å². The van der Waals surface area contributed by atoms with E-state index < -0.39 is 5.97 Å². The highest BCUT2D eigenvalue weighted by atomic mass is 79.9. The molecule has 1 saturated heterocycles. The maximum Gasteiger partial charge on any atom is 0.341 e. The van der Waals surface area contributed by atoms with Crippen LogP contribution in [-0.4, -0.2) is 36.3 Å². The molecule has 0 spiro atoms. The smallest absolute Gasteiger partial charge is 0.341 e. The molecule has 1 aromatic heterocycles. The number of hydrogen-bond donors (Lipinski definition) is 1. The van der Waals surface area contributed by atoms with Crippen molar-refractivity contribution in [2.45, 2.75) is 6.42 Å². The van der Waals surface area contributed by atoms with E-state index >= 15 is 0 Å². The lowest BCUT2D eigenvalue weighted by atomic mass is 10.1. The zero-order valence-corrected chi connectivity index (χ0v) is 12.8. The zero-order chi connectivity index (χ0) is 14.0. The van der Waals surface area contributed by atoms with Crippen LogP contribution in [0.4, 0.5) is 5.82 Å². The summed E-state index contributed by atoms with van der Waals surface area (Å²) in [6.45, 7) is 0.529. The number of nitrogens with zero attached hydrogens (tertiary/aromatic N) is 2. The zero-order valence-electron chi connectivity index (χ0n) is 10.3. The van der Waals surface area contributed by atoms with Crippen molar-refractivity contribution < 1.29 is 14.3 Å². The van der Waals surface area contributed by atoms with Crippen LogP contribution in [0.1, 0.15) is 16.8 Å². The third kappa shape index (κ3) is 2.92. The molecule has 1 fully saturated rings. The van der Waals surface area contributed by atoms with Gasteiger partial charge >= 0.3 is 5.97 Å². The van der Waals surface area contributed by atoms with Gasteiger partial charge in [-0.1, -0.05) is 0 Å². The molecule has 0 saturated carbocycles. The number of hydrogen-bond acceptors (Lipinski definition) is 5. The first-order valence-electron chi connectivity index (χ1n) is 5.72. The quantitative estimate of drug-likeness (QED) is 0.672. The van der Waals surface area contributed by atoms with Gasteiger partial charge in [0.2, 0.25) is 5.91 Å².